The van der Waals surface area contributed by atoms with Crippen LogP contribution in [0.5, 0.6) is 11.5 Å². The third-order valence-electron chi connectivity index (χ3n) is 4.31. The fourth-order valence-electron chi connectivity index (χ4n) is 3.21. The molecule has 0 saturated heterocycles. The largest absolute Gasteiger partial charge is 0.486 e. The van der Waals surface area contributed by atoms with Crippen LogP contribution in [0.3, 0.4) is 0 Å². The minimum atomic E-state index is -3.81. The van der Waals surface area contributed by atoms with Gasteiger partial charge in [-0.05, 0) is 25.0 Å². The van der Waals surface area contributed by atoms with Gasteiger partial charge in [0.1, 0.15) is 30.5 Å². The van der Waals surface area contributed by atoms with Crippen LogP contribution in [0.1, 0.15) is 30.5 Å². The molecule has 1 atom stereocenters. The highest BCUT2D eigenvalue weighted by Crippen LogP contribution is 2.37. The molecule has 3 heterocycles. The van der Waals surface area contributed by atoms with Crippen molar-refractivity contribution in [3.8, 4) is 11.5 Å². The van der Waals surface area contributed by atoms with E-state index in [4.69, 9.17) is 14.2 Å². The van der Waals surface area contributed by atoms with E-state index in [1.807, 2.05) is 0 Å². The Morgan fingerprint density at radius 1 is 1.35 bits per heavy atom. The predicted molar refractivity (Wildman–Crippen MR) is 90.5 cm³/mol. The van der Waals surface area contributed by atoms with Crippen molar-refractivity contribution in [2.45, 2.75) is 36.9 Å². The third kappa shape index (κ3) is 3.15. The molecule has 0 fully saturated rings. The average molecular weight is 380 g/mol. The number of para-hydroxylation sites is 1. The van der Waals surface area contributed by atoms with Crippen molar-refractivity contribution in [2.75, 3.05) is 20.3 Å². The summed E-state index contributed by atoms with van der Waals surface area (Å²) in [4.78, 5) is 4.50. The number of methoxy groups -OCH3 is 1. The van der Waals surface area contributed by atoms with E-state index >= 15 is 0 Å². The molecule has 10 heteroatoms. The number of aromatic nitrogens is 3. The molecule has 4 rings (SSSR count). The van der Waals surface area contributed by atoms with E-state index in [9.17, 15) is 8.42 Å². The summed E-state index contributed by atoms with van der Waals surface area (Å²) >= 11 is 0. The quantitative estimate of drug-likeness (QED) is 0.825. The molecule has 9 nitrogen and oxygen atoms in total. The zero-order chi connectivity index (χ0) is 18.1. The van der Waals surface area contributed by atoms with Crippen LogP contribution >= 0.6 is 0 Å². The van der Waals surface area contributed by atoms with Gasteiger partial charge in [-0.25, -0.2) is 22.8 Å². The molecule has 0 amide bonds. The molecule has 0 unspecified atom stereocenters. The summed E-state index contributed by atoms with van der Waals surface area (Å²) in [5.41, 5.74) is 0. The van der Waals surface area contributed by atoms with E-state index in [2.05, 4.69) is 14.8 Å². The van der Waals surface area contributed by atoms with E-state index < -0.39 is 16.1 Å². The molecule has 140 valence electrons. The van der Waals surface area contributed by atoms with Gasteiger partial charge in [-0.3, -0.25) is 0 Å². The normalized spacial score (nSPS) is 19.2. The topological polar surface area (TPSA) is 105 Å². The molecular formula is C16H20N4O5S. The molecule has 0 bridgehead atoms. The predicted octanol–water partition coefficient (Wildman–Crippen LogP) is 1.01. The second-order valence-electron chi connectivity index (χ2n) is 6.14. The highest BCUT2D eigenvalue weighted by molar-refractivity contribution is 7.89. The number of benzene rings is 1. The highest BCUT2D eigenvalue weighted by Gasteiger charge is 2.32. The van der Waals surface area contributed by atoms with E-state index in [0.29, 0.717) is 43.6 Å². The molecule has 26 heavy (non-hydrogen) atoms. The van der Waals surface area contributed by atoms with Crippen LogP contribution < -0.4 is 14.2 Å². The summed E-state index contributed by atoms with van der Waals surface area (Å²) in [5.74, 6) is 1.84. The second kappa shape index (κ2) is 6.86. The van der Waals surface area contributed by atoms with Crippen molar-refractivity contribution in [1.29, 1.82) is 0 Å². The number of ether oxygens (including phenoxy) is 3. The Labute approximate surface area is 151 Å². The maximum atomic E-state index is 13.0. The van der Waals surface area contributed by atoms with E-state index in [1.54, 1.807) is 23.9 Å². The zero-order valence-electron chi connectivity index (χ0n) is 14.3. The molecule has 1 aromatic heterocycles. The van der Waals surface area contributed by atoms with Crippen LogP contribution in [0.25, 0.3) is 0 Å². The molecule has 0 radical (unpaired) electrons. The maximum absolute atomic E-state index is 13.0. The first-order chi connectivity index (χ1) is 12.6. The standard InChI is InChI=1S/C16H20N4O5S/c1-23-10-14-17-16-11(4-3-7-20(16)18-14)19-26(21,22)13-6-2-5-12-15(13)25-9-8-24-12/h2,5-6,11,19H,3-4,7-10H2,1H3/t11-/m0/s1. The van der Waals surface area contributed by atoms with Crippen molar-refractivity contribution in [1.82, 2.24) is 19.5 Å². The van der Waals surface area contributed by atoms with Crippen LogP contribution in [0.2, 0.25) is 0 Å². The van der Waals surface area contributed by atoms with Crippen LogP contribution in [0.4, 0.5) is 0 Å². The highest BCUT2D eigenvalue weighted by atomic mass is 32.2. The first-order valence-electron chi connectivity index (χ1n) is 8.42. The molecule has 1 aromatic carbocycles. The summed E-state index contributed by atoms with van der Waals surface area (Å²) in [6.45, 7) is 1.72. The maximum Gasteiger partial charge on any atom is 0.245 e. The van der Waals surface area contributed by atoms with Crippen LogP contribution in [-0.4, -0.2) is 43.5 Å². The van der Waals surface area contributed by atoms with Crippen LogP contribution in [0, 0.1) is 0 Å². The summed E-state index contributed by atoms with van der Waals surface area (Å²) in [7, 11) is -2.24. The Balaban J connectivity index is 1.64. The molecule has 0 aliphatic carbocycles. The second-order valence-corrected chi connectivity index (χ2v) is 7.82. The van der Waals surface area contributed by atoms with Gasteiger partial charge < -0.3 is 14.2 Å². The van der Waals surface area contributed by atoms with Gasteiger partial charge in [0, 0.05) is 13.7 Å². The lowest BCUT2D eigenvalue weighted by molar-refractivity contribution is 0.167. The molecule has 2 aromatic rings. The Kier molecular flexibility index (Phi) is 4.55. The lowest BCUT2D eigenvalue weighted by Crippen LogP contribution is -2.34. The fraction of sp³-hybridized carbons (Fsp3) is 0.500. The van der Waals surface area contributed by atoms with E-state index in [1.165, 1.54) is 6.07 Å². The van der Waals surface area contributed by atoms with Gasteiger partial charge in [-0.15, -0.1) is 0 Å². The van der Waals surface area contributed by atoms with Crippen molar-refractivity contribution in [2.24, 2.45) is 0 Å². The molecule has 1 N–H and O–H groups in total. The van der Waals surface area contributed by atoms with Crippen molar-refractivity contribution >= 4 is 10.0 Å². The summed E-state index contributed by atoms with van der Waals surface area (Å²) < 4.78 is 46.5. The summed E-state index contributed by atoms with van der Waals surface area (Å²) in [5, 5.41) is 4.36. The number of nitrogens with zero attached hydrogens (tertiary/aromatic N) is 3. The third-order valence-corrected chi connectivity index (χ3v) is 5.80. The monoisotopic (exact) mass is 380 g/mol. The fourth-order valence-corrected chi connectivity index (χ4v) is 4.60. The molecule has 2 aliphatic rings. The number of hydrogen-bond donors (Lipinski definition) is 1. The van der Waals surface area contributed by atoms with Crippen LogP contribution in [-0.2, 0) is 27.9 Å². The van der Waals surface area contributed by atoms with Crippen molar-refractivity contribution in [3.63, 3.8) is 0 Å². The number of nitrogens with one attached hydrogen (secondary N) is 1. The van der Waals surface area contributed by atoms with Crippen LogP contribution in [0.15, 0.2) is 23.1 Å². The SMILES string of the molecule is COCc1nc2n(n1)CCC[C@@H]2NS(=O)(=O)c1cccc2c1OCCO2. The molecular weight excluding hydrogens is 360 g/mol. The van der Waals surface area contributed by atoms with Gasteiger partial charge in [0.25, 0.3) is 0 Å². The van der Waals surface area contributed by atoms with Gasteiger partial charge in [-0.2, -0.15) is 5.10 Å². The molecule has 0 spiro atoms. The Morgan fingerprint density at radius 3 is 3.04 bits per heavy atom. The van der Waals surface area contributed by atoms with Crippen molar-refractivity contribution in [3.05, 3.63) is 29.8 Å². The lowest BCUT2D eigenvalue weighted by Gasteiger charge is -2.25. The van der Waals surface area contributed by atoms with Crippen molar-refractivity contribution < 1.29 is 22.6 Å². The molecule has 2 aliphatic heterocycles. The first kappa shape index (κ1) is 17.3. The van der Waals surface area contributed by atoms with Gasteiger partial charge in [-0.1, -0.05) is 6.07 Å². The Bertz CT molecular complexity index is 911. The van der Waals surface area contributed by atoms with E-state index in [-0.39, 0.29) is 17.3 Å². The number of aryl methyl sites for hydroxylation is 1. The summed E-state index contributed by atoms with van der Waals surface area (Å²) in [6.07, 6.45) is 1.46. The first-order valence-corrected chi connectivity index (χ1v) is 9.90. The van der Waals surface area contributed by atoms with Gasteiger partial charge >= 0.3 is 0 Å². The number of rotatable bonds is 5. The number of sulfonamides is 1. The van der Waals surface area contributed by atoms with Gasteiger partial charge in [0.2, 0.25) is 10.0 Å². The minimum Gasteiger partial charge on any atom is -0.486 e. The number of fused-ring (bicyclic) bond motifs is 2. The Hall–Kier alpha value is -2.17. The van der Waals surface area contributed by atoms with Gasteiger partial charge in [0.05, 0.1) is 6.04 Å². The number of hydrogen-bond acceptors (Lipinski definition) is 7. The average Bonchev–Trinajstić information content (AvgIpc) is 3.05. The summed E-state index contributed by atoms with van der Waals surface area (Å²) in [6, 6.07) is 4.40. The zero-order valence-corrected chi connectivity index (χ0v) is 15.2. The van der Waals surface area contributed by atoms with Gasteiger partial charge in [0.15, 0.2) is 17.3 Å². The Morgan fingerprint density at radius 2 is 2.19 bits per heavy atom. The smallest absolute Gasteiger partial charge is 0.245 e. The minimum absolute atomic E-state index is 0.0726. The lowest BCUT2D eigenvalue weighted by atomic mass is 10.1. The molecule has 0 saturated carbocycles. The van der Waals surface area contributed by atoms with E-state index in [0.717, 1.165) is 6.42 Å².